The van der Waals surface area contributed by atoms with Gasteiger partial charge in [-0.05, 0) is 39.0 Å². The summed E-state index contributed by atoms with van der Waals surface area (Å²) < 4.78 is 0. The SMILES string of the molecule is CCCCC(C)(O)C#CC(C)(O)CC(C)C. The lowest BCUT2D eigenvalue weighted by Gasteiger charge is -2.21. The average Bonchev–Trinajstić information content (AvgIpc) is 2.10. The van der Waals surface area contributed by atoms with Gasteiger partial charge in [0.1, 0.15) is 11.2 Å². The van der Waals surface area contributed by atoms with Crippen LogP contribution in [0.3, 0.4) is 0 Å². The summed E-state index contributed by atoms with van der Waals surface area (Å²) >= 11 is 0. The van der Waals surface area contributed by atoms with Gasteiger partial charge in [0.05, 0.1) is 0 Å². The molecular formula is C14H26O2. The van der Waals surface area contributed by atoms with E-state index in [0.29, 0.717) is 18.8 Å². The zero-order valence-corrected chi connectivity index (χ0v) is 11.3. The molecule has 0 aromatic rings. The zero-order valence-electron chi connectivity index (χ0n) is 11.3. The van der Waals surface area contributed by atoms with Crippen LogP contribution in [-0.2, 0) is 0 Å². The monoisotopic (exact) mass is 226 g/mol. The second-order valence-corrected chi connectivity index (χ2v) is 5.50. The molecule has 0 bridgehead atoms. The minimum Gasteiger partial charge on any atom is -0.378 e. The van der Waals surface area contributed by atoms with Crippen molar-refractivity contribution in [3.8, 4) is 11.8 Å². The minimum atomic E-state index is -0.996. The Kier molecular flexibility index (Phi) is 6.07. The Hall–Kier alpha value is -0.520. The van der Waals surface area contributed by atoms with Crippen LogP contribution in [0.1, 0.15) is 60.3 Å². The van der Waals surface area contributed by atoms with Gasteiger partial charge in [0.15, 0.2) is 0 Å². The Balaban J connectivity index is 4.45. The van der Waals surface area contributed by atoms with E-state index in [0.717, 1.165) is 12.8 Å². The predicted molar refractivity (Wildman–Crippen MR) is 68.0 cm³/mol. The summed E-state index contributed by atoms with van der Waals surface area (Å²) in [5, 5.41) is 19.9. The fourth-order valence-corrected chi connectivity index (χ4v) is 1.70. The van der Waals surface area contributed by atoms with Crippen molar-refractivity contribution in [3.63, 3.8) is 0 Å². The first-order chi connectivity index (χ1) is 7.18. The zero-order chi connectivity index (χ0) is 12.8. The molecule has 0 saturated carbocycles. The van der Waals surface area contributed by atoms with Gasteiger partial charge in [-0.2, -0.15) is 0 Å². The molecule has 0 fully saturated rings. The van der Waals surface area contributed by atoms with Crippen LogP contribution in [0, 0.1) is 17.8 Å². The van der Waals surface area contributed by atoms with Gasteiger partial charge >= 0.3 is 0 Å². The molecule has 2 nitrogen and oxygen atoms in total. The van der Waals surface area contributed by atoms with Crippen molar-refractivity contribution in [2.75, 3.05) is 0 Å². The fourth-order valence-electron chi connectivity index (χ4n) is 1.70. The van der Waals surface area contributed by atoms with Gasteiger partial charge in [-0.25, -0.2) is 0 Å². The Bertz CT molecular complexity index is 254. The van der Waals surface area contributed by atoms with E-state index in [-0.39, 0.29) is 0 Å². The Labute approximate surface area is 100 Å². The van der Waals surface area contributed by atoms with E-state index in [2.05, 4.69) is 18.8 Å². The van der Waals surface area contributed by atoms with Crippen molar-refractivity contribution in [1.82, 2.24) is 0 Å². The second kappa shape index (κ2) is 6.27. The van der Waals surface area contributed by atoms with E-state index in [1.54, 1.807) is 13.8 Å². The maximum atomic E-state index is 9.99. The van der Waals surface area contributed by atoms with E-state index in [1.807, 2.05) is 13.8 Å². The van der Waals surface area contributed by atoms with Crippen molar-refractivity contribution in [2.45, 2.75) is 71.5 Å². The fraction of sp³-hybridized carbons (Fsp3) is 0.857. The molecule has 0 aliphatic rings. The lowest BCUT2D eigenvalue weighted by atomic mass is 9.92. The predicted octanol–water partition coefficient (Wildman–Crippen LogP) is 2.73. The highest BCUT2D eigenvalue weighted by Gasteiger charge is 2.21. The quantitative estimate of drug-likeness (QED) is 0.708. The number of aliphatic hydroxyl groups is 2. The van der Waals surface area contributed by atoms with Gasteiger partial charge in [0.25, 0.3) is 0 Å². The summed E-state index contributed by atoms with van der Waals surface area (Å²) in [7, 11) is 0. The Morgan fingerprint density at radius 3 is 2.00 bits per heavy atom. The maximum Gasteiger partial charge on any atom is 0.123 e. The normalized spacial score (nSPS) is 18.5. The molecule has 0 radical (unpaired) electrons. The summed E-state index contributed by atoms with van der Waals surface area (Å²) in [6, 6.07) is 0. The van der Waals surface area contributed by atoms with E-state index in [4.69, 9.17) is 0 Å². The van der Waals surface area contributed by atoms with Crippen LogP contribution in [0.5, 0.6) is 0 Å². The van der Waals surface area contributed by atoms with Gasteiger partial charge in [-0.15, -0.1) is 0 Å². The van der Waals surface area contributed by atoms with Gasteiger partial charge in [-0.3, -0.25) is 0 Å². The number of hydrogen-bond acceptors (Lipinski definition) is 2. The third-order valence-corrected chi connectivity index (χ3v) is 2.42. The third-order valence-electron chi connectivity index (χ3n) is 2.42. The van der Waals surface area contributed by atoms with Crippen molar-refractivity contribution < 1.29 is 10.2 Å². The van der Waals surface area contributed by atoms with Crippen molar-refractivity contribution in [3.05, 3.63) is 0 Å². The molecule has 2 unspecified atom stereocenters. The Morgan fingerprint density at radius 1 is 1.06 bits per heavy atom. The van der Waals surface area contributed by atoms with Crippen LogP contribution in [0.2, 0.25) is 0 Å². The second-order valence-electron chi connectivity index (χ2n) is 5.50. The number of unbranched alkanes of at least 4 members (excludes halogenated alkanes) is 1. The molecule has 0 saturated heterocycles. The largest absolute Gasteiger partial charge is 0.378 e. The molecule has 0 heterocycles. The average molecular weight is 226 g/mol. The first kappa shape index (κ1) is 15.5. The van der Waals surface area contributed by atoms with Gasteiger partial charge in [0, 0.05) is 0 Å². The molecular weight excluding hydrogens is 200 g/mol. The van der Waals surface area contributed by atoms with Crippen LogP contribution >= 0.6 is 0 Å². The summed E-state index contributed by atoms with van der Waals surface area (Å²) in [5.74, 6) is 5.98. The van der Waals surface area contributed by atoms with Crippen LogP contribution < -0.4 is 0 Å². The maximum absolute atomic E-state index is 9.99. The molecule has 16 heavy (non-hydrogen) atoms. The first-order valence-corrected chi connectivity index (χ1v) is 6.17. The van der Waals surface area contributed by atoms with E-state index >= 15 is 0 Å². The highest BCUT2D eigenvalue weighted by molar-refractivity contribution is 5.19. The molecule has 2 atom stereocenters. The van der Waals surface area contributed by atoms with Crippen LogP contribution in [0.15, 0.2) is 0 Å². The molecule has 0 rings (SSSR count). The molecule has 2 N–H and O–H groups in total. The highest BCUT2D eigenvalue weighted by atomic mass is 16.3. The molecule has 0 aliphatic heterocycles. The minimum absolute atomic E-state index is 0.393. The standard InChI is InChI=1S/C14H26O2/c1-6-7-8-13(4,15)9-10-14(5,16)11-12(2)3/h12,15-16H,6-8,11H2,1-5H3. The number of rotatable bonds is 5. The lowest BCUT2D eigenvalue weighted by Crippen LogP contribution is -2.27. The molecule has 0 spiro atoms. The first-order valence-electron chi connectivity index (χ1n) is 6.17. The molecule has 2 heteroatoms. The van der Waals surface area contributed by atoms with Crippen LogP contribution in [-0.4, -0.2) is 21.4 Å². The number of hydrogen-bond donors (Lipinski definition) is 2. The van der Waals surface area contributed by atoms with Crippen molar-refractivity contribution >= 4 is 0 Å². The van der Waals surface area contributed by atoms with E-state index in [1.165, 1.54) is 0 Å². The highest BCUT2D eigenvalue weighted by Crippen LogP contribution is 2.17. The molecule has 0 amide bonds. The topological polar surface area (TPSA) is 40.5 Å². The Morgan fingerprint density at radius 2 is 1.56 bits per heavy atom. The summed E-state index contributed by atoms with van der Waals surface area (Å²) in [6.45, 7) is 9.59. The van der Waals surface area contributed by atoms with E-state index in [9.17, 15) is 10.2 Å². The summed E-state index contributed by atoms with van der Waals surface area (Å²) in [4.78, 5) is 0. The lowest BCUT2D eigenvalue weighted by molar-refractivity contribution is 0.0903. The van der Waals surface area contributed by atoms with E-state index < -0.39 is 11.2 Å². The van der Waals surface area contributed by atoms with Crippen molar-refractivity contribution in [2.24, 2.45) is 5.92 Å². The molecule has 94 valence electrons. The smallest absolute Gasteiger partial charge is 0.123 e. The van der Waals surface area contributed by atoms with Crippen LogP contribution in [0.25, 0.3) is 0 Å². The van der Waals surface area contributed by atoms with Crippen molar-refractivity contribution in [1.29, 1.82) is 0 Å². The van der Waals surface area contributed by atoms with Gasteiger partial charge < -0.3 is 10.2 Å². The van der Waals surface area contributed by atoms with Gasteiger partial charge in [-0.1, -0.05) is 39.0 Å². The van der Waals surface area contributed by atoms with Crippen LogP contribution in [0.4, 0.5) is 0 Å². The molecule has 0 aliphatic carbocycles. The summed E-state index contributed by atoms with van der Waals surface area (Å²) in [5.41, 5.74) is -1.97. The molecule has 0 aromatic heterocycles. The third kappa shape index (κ3) is 7.73. The molecule has 0 aromatic carbocycles. The summed E-state index contributed by atoms with van der Waals surface area (Å²) in [6.07, 6.45) is 3.28. The van der Waals surface area contributed by atoms with Gasteiger partial charge in [0.2, 0.25) is 0 Å².